The van der Waals surface area contributed by atoms with E-state index in [9.17, 15) is 9.59 Å². The molecule has 2 atom stereocenters. The molecule has 114 valence electrons. The molecule has 2 amide bonds. The number of nitrogens with zero attached hydrogens (tertiary/aromatic N) is 1. The number of aliphatic hydroxyl groups is 1. The summed E-state index contributed by atoms with van der Waals surface area (Å²) >= 11 is 6.10. The summed E-state index contributed by atoms with van der Waals surface area (Å²) in [6.07, 6.45) is 0.816. The number of hydrogen-bond donors (Lipinski definition) is 2. The lowest BCUT2D eigenvalue weighted by molar-refractivity contribution is -0.127. The smallest absolute Gasteiger partial charge is 0.227 e. The fourth-order valence-electron chi connectivity index (χ4n) is 2.38. The minimum atomic E-state index is -0.408. The Bertz CT molecular complexity index is 531. The van der Waals surface area contributed by atoms with Crippen LogP contribution in [0.3, 0.4) is 0 Å². The van der Waals surface area contributed by atoms with Gasteiger partial charge in [-0.1, -0.05) is 30.7 Å². The Kier molecular flexibility index (Phi) is 5.20. The van der Waals surface area contributed by atoms with Crippen molar-refractivity contribution in [3.05, 3.63) is 29.3 Å². The molecule has 1 aliphatic heterocycles. The molecular weight excluding hydrogens is 292 g/mol. The number of hydrogen-bond acceptors (Lipinski definition) is 3. The highest BCUT2D eigenvalue weighted by Crippen LogP contribution is 2.31. The quantitative estimate of drug-likeness (QED) is 0.867. The van der Waals surface area contributed by atoms with Crippen LogP contribution in [0.2, 0.25) is 5.02 Å². The van der Waals surface area contributed by atoms with Crippen molar-refractivity contribution < 1.29 is 14.7 Å². The summed E-state index contributed by atoms with van der Waals surface area (Å²) in [5.41, 5.74) is 0.633. The van der Waals surface area contributed by atoms with Crippen molar-refractivity contribution in [2.75, 3.05) is 18.1 Å². The highest BCUT2D eigenvalue weighted by Gasteiger charge is 2.36. The van der Waals surface area contributed by atoms with Gasteiger partial charge in [0.1, 0.15) is 0 Å². The van der Waals surface area contributed by atoms with Gasteiger partial charge in [0.25, 0.3) is 0 Å². The van der Waals surface area contributed by atoms with E-state index in [1.807, 2.05) is 6.92 Å². The molecule has 1 heterocycles. The van der Waals surface area contributed by atoms with Gasteiger partial charge in [-0.2, -0.15) is 0 Å². The Morgan fingerprint density at radius 2 is 2.24 bits per heavy atom. The zero-order valence-corrected chi connectivity index (χ0v) is 12.6. The fraction of sp³-hybridized carbons (Fsp3) is 0.467. The molecule has 21 heavy (non-hydrogen) atoms. The molecule has 1 saturated heterocycles. The molecule has 6 heteroatoms. The van der Waals surface area contributed by atoms with Crippen LogP contribution in [0.1, 0.15) is 19.8 Å². The molecular formula is C15H19ClN2O3. The van der Waals surface area contributed by atoms with Crippen molar-refractivity contribution in [1.82, 2.24) is 5.32 Å². The third-order valence-electron chi connectivity index (χ3n) is 3.70. The van der Waals surface area contributed by atoms with Gasteiger partial charge in [0.15, 0.2) is 0 Å². The fourth-order valence-corrected chi connectivity index (χ4v) is 2.62. The van der Waals surface area contributed by atoms with E-state index in [4.69, 9.17) is 16.7 Å². The maximum Gasteiger partial charge on any atom is 0.227 e. The lowest BCUT2D eigenvalue weighted by atomic mass is 10.1. The first-order valence-corrected chi connectivity index (χ1v) is 7.40. The van der Waals surface area contributed by atoms with Crippen molar-refractivity contribution in [3.63, 3.8) is 0 Å². The van der Waals surface area contributed by atoms with Gasteiger partial charge in [0.05, 0.1) is 29.3 Å². The van der Waals surface area contributed by atoms with Gasteiger partial charge in [-0.25, -0.2) is 0 Å². The molecule has 5 nitrogen and oxygen atoms in total. The molecule has 0 bridgehead atoms. The first-order chi connectivity index (χ1) is 10.1. The van der Waals surface area contributed by atoms with Crippen LogP contribution in [0.5, 0.6) is 0 Å². The number of halogens is 1. The summed E-state index contributed by atoms with van der Waals surface area (Å²) in [6.45, 7) is 2.10. The second kappa shape index (κ2) is 6.91. The Morgan fingerprint density at radius 1 is 1.52 bits per heavy atom. The van der Waals surface area contributed by atoms with E-state index in [1.54, 1.807) is 29.2 Å². The minimum Gasteiger partial charge on any atom is -0.394 e. The normalized spacial score (nSPS) is 19.7. The molecule has 0 radical (unpaired) electrons. The van der Waals surface area contributed by atoms with Crippen LogP contribution in [0, 0.1) is 5.92 Å². The molecule has 2 unspecified atom stereocenters. The highest BCUT2D eigenvalue weighted by molar-refractivity contribution is 6.33. The number of aliphatic hydroxyl groups excluding tert-OH is 1. The Hall–Kier alpha value is -1.59. The van der Waals surface area contributed by atoms with E-state index in [-0.39, 0.29) is 30.9 Å². The van der Waals surface area contributed by atoms with E-state index >= 15 is 0 Å². The zero-order chi connectivity index (χ0) is 15.4. The van der Waals surface area contributed by atoms with Crippen LogP contribution in [0.15, 0.2) is 24.3 Å². The van der Waals surface area contributed by atoms with Crippen LogP contribution in [0.4, 0.5) is 5.69 Å². The number of anilines is 1. The summed E-state index contributed by atoms with van der Waals surface area (Å²) in [7, 11) is 0. The molecule has 0 spiro atoms. The van der Waals surface area contributed by atoms with Crippen LogP contribution in [-0.4, -0.2) is 36.1 Å². The Labute approximate surface area is 128 Å². The monoisotopic (exact) mass is 310 g/mol. The molecule has 0 saturated carbocycles. The molecule has 1 aromatic rings. The summed E-state index contributed by atoms with van der Waals surface area (Å²) in [6, 6.07) is 6.83. The standard InChI is InChI=1S/C15H19ClN2O3/c1-2-11(9-19)17-15(21)10-7-14(20)18(8-10)13-6-4-3-5-12(13)16/h3-6,10-11,19H,2,7-9H2,1H3,(H,17,21). The number of rotatable bonds is 5. The molecule has 1 aromatic carbocycles. The number of carbonyl (C=O) groups excluding carboxylic acids is 2. The SMILES string of the molecule is CCC(CO)NC(=O)C1CC(=O)N(c2ccccc2Cl)C1. The van der Waals surface area contributed by atoms with Gasteiger partial charge >= 0.3 is 0 Å². The third kappa shape index (κ3) is 3.54. The molecule has 1 fully saturated rings. The third-order valence-corrected chi connectivity index (χ3v) is 4.02. The van der Waals surface area contributed by atoms with Gasteiger partial charge < -0.3 is 15.3 Å². The van der Waals surface area contributed by atoms with E-state index in [1.165, 1.54) is 0 Å². The van der Waals surface area contributed by atoms with Crippen molar-refractivity contribution in [1.29, 1.82) is 0 Å². The van der Waals surface area contributed by atoms with Gasteiger partial charge in [0, 0.05) is 13.0 Å². The van der Waals surface area contributed by atoms with Crippen LogP contribution in [0.25, 0.3) is 0 Å². The van der Waals surface area contributed by atoms with E-state index < -0.39 is 5.92 Å². The van der Waals surface area contributed by atoms with Gasteiger partial charge in [0.2, 0.25) is 11.8 Å². The summed E-state index contributed by atoms with van der Waals surface area (Å²) < 4.78 is 0. The van der Waals surface area contributed by atoms with Crippen LogP contribution in [-0.2, 0) is 9.59 Å². The van der Waals surface area contributed by atoms with Gasteiger partial charge in [-0.05, 0) is 18.6 Å². The Morgan fingerprint density at radius 3 is 2.86 bits per heavy atom. The second-order valence-electron chi connectivity index (χ2n) is 5.15. The van der Waals surface area contributed by atoms with Crippen LogP contribution < -0.4 is 10.2 Å². The average molecular weight is 311 g/mol. The number of nitrogens with one attached hydrogen (secondary N) is 1. The molecule has 1 aliphatic rings. The first-order valence-electron chi connectivity index (χ1n) is 7.03. The zero-order valence-electron chi connectivity index (χ0n) is 11.9. The maximum absolute atomic E-state index is 12.1. The Balaban J connectivity index is 2.06. The lowest BCUT2D eigenvalue weighted by Crippen LogP contribution is -2.41. The van der Waals surface area contributed by atoms with Crippen LogP contribution >= 0.6 is 11.6 Å². The van der Waals surface area contributed by atoms with Gasteiger partial charge in [-0.15, -0.1) is 0 Å². The van der Waals surface area contributed by atoms with E-state index in [0.717, 1.165) is 0 Å². The predicted octanol–water partition coefficient (Wildman–Crippen LogP) is 1.58. The number of carbonyl (C=O) groups is 2. The maximum atomic E-state index is 12.1. The lowest BCUT2D eigenvalue weighted by Gasteiger charge is -2.19. The van der Waals surface area contributed by atoms with Crippen molar-refractivity contribution in [3.8, 4) is 0 Å². The summed E-state index contributed by atoms with van der Waals surface area (Å²) in [5.74, 6) is -0.714. The van der Waals surface area contributed by atoms with E-state index in [2.05, 4.69) is 5.32 Å². The van der Waals surface area contributed by atoms with Crippen molar-refractivity contribution in [2.24, 2.45) is 5.92 Å². The summed E-state index contributed by atoms with van der Waals surface area (Å²) in [5, 5.41) is 12.4. The van der Waals surface area contributed by atoms with Crippen molar-refractivity contribution in [2.45, 2.75) is 25.8 Å². The minimum absolute atomic E-state index is 0.100. The number of benzene rings is 1. The first kappa shape index (κ1) is 15.8. The molecule has 2 rings (SSSR count). The number of para-hydroxylation sites is 1. The molecule has 0 aliphatic carbocycles. The summed E-state index contributed by atoms with van der Waals surface area (Å²) in [4.78, 5) is 25.8. The highest BCUT2D eigenvalue weighted by atomic mass is 35.5. The number of amides is 2. The molecule has 2 N–H and O–H groups in total. The average Bonchev–Trinajstić information content (AvgIpc) is 2.87. The predicted molar refractivity (Wildman–Crippen MR) is 81.2 cm³/mol. The van der Waals surface area contributed by atoms with E-state index in [0.29, 0.717) is 23.7 Å². The van der Waals surface area contributed by atoms with Crippen molar-refractivity contribution >= 4 is 29.1 Å². The largest absolute Gasteiger partial charge is 0.394 e. The van der Waals surface area contributed by atoms with Gasteiger partial charge in [-0.3, -0.25) is 9.59 Å². The molecule has 0 aromatic heterocycles. The topological polar surface area (TPSA) is 69.6 Å². The second-order valence-corrected chi connectivity index (χ2v) is 5.56.